The molecule has 1 spiro atoms. The molecule has 2 atom stereocenters. The molecule has 6 nitrogen and oxygen atoms in total. The van der Waals surface area contributed by atoms with E-state index in [0.29, 0.717) is 5.25 Å². The van der Waals surface area contributed by atoms with Gasteiger partial charge in [-0.2, -0.15) is 0 Å². The van der Waals surface area contributed by atoms with E-state index in [1.165, 1.54) is 20.9 Å². The topological polar surface area (TPSA) is 62.5 Å². The second-order valence-corrected chi connectivity index (χ2v) is 17.1. The first-order valence-corrected chi connectivity index (χ1v) is 17.3. The number of piperidine rings is 1. The summed E-state index contributed by atoms with van der Waals surface area (Å²) >= 11 is 3.63. The molecule has 1 aliphatic carbocycles. The van der Waals surface area contributed by atoms with Crippen molar-refractivity contribution in [3.63, 3.8) is 0 Å². The second kappa shape index (κ2) is 11.4. The Bertz CT molecular complexity index is 1570. The first kappa shape index (κ1) is 28.8. The van der Waals surface area contributed by atoms with Gasteiger partial charge in [-0.1, -0.05) is 62.0 Å². The maximum absolute atomic E-state index is 13.3. The van der Waals surface area contributed by atoms with Crippen LogP contribution in [0.2, 0.25) is 0 Å². The van der Waals surface area contributed by atoms with Crippen molar-refractivity contribution in [1.29, 1.82) is 0 Å². The van der Waals surface area contributed by atoms with E-state index < -0.39 is 11.0 Å². The van der Waals surface area contributed by atoms with Crippen molar-refractivity contribution in [3.05, 3.63) is 78.2 Å². The predicted octanol–water partition coefficient (Wildman–Crippen LogP) is 7.32. The van der Waals surface area contributed by atoms with Gasteiger partial charge in [0.05, 0.1) is 26.7 Å². The number of rotatable bonds is 7. The standard InChI is InChI=1S/C32H39N5OS3/c1-22(2)39-25-12-8-9-13-26(25)40-27-21-34-30(37-19-16-33-29(27)37)36-17-14-32(15-18-36)20-23-10-6-7-11-24(23)28(32)35-41(38)31(3,4)5/h6-13,16,19,21-22,28,35H,14-15,17-18,20H2,1-5H3/t28-,41-/m1/s1. The van der Waals surface area contributed by atoms with Crippen molar-refractivity contribution in [2.24, 2.45) is 5.41 Å². The van der Waals surface area contributed by atoms with E-state index in [-0.39, 0.29) is 16.2 Å². The number of nitrogens with one attached hydrogen (secondary N) is 1. The number of aromatic nitrogens is 3. The first-order chi connectivity index (χ1) is 19.6. The van der Waals surface area contributed by atoms with Gasteiger partial charge in [0.1, 0.15) is 0 Å². The van der Waals surface area contributed by atoms with E-state index in [1.54, 1.807) is 11.8 Å². The molecule has 6 rings (SSSR count). The molecule has 1 fully saturated rings. The highest BCUT2D eigenvalue weighted by atomic mass is 32.2. The highest BCUT2D eigenvalue weighted by Gasteiger charge is 2.49. The molecule has 1 saturated heterocycles. The van der Waals surface area contributed by atoms with E-state index in [0.717, 1.165) is 48.8 Å². The van der Waals surface area contributed by atoms with Gasteiger partial charge >= 0.3 is 0 Å². The fourth-order valence-electron chi connectivity index (χ4n) is 6.07. The fraction of sp³-hybridized carbons (Fsp3) is 0.438. The molecule has 9 heteroatoms. The van der Waals surface area contributed by atoms with Crippen molar-refractivity contribution < 1.29 is 4.21 Å². The molecule has 0 amide bonds. The number of hydrogen-bond acceptors (Lipinski definition) is 6. The van der Waals surface area contributed by atoms with Crippen molar-refractivity contribution in [3.8, 4) is 0 Å². The average Bonchev–Trinajstić information content (AvgIpc) is 3.54. The van der Waals surface area contributed by atoms with Gasteiger partial charge in [-0.15, -0.1) is 11.8 Å². The molecule has 2 aromatic heterocycles. The summed E-state index contributed by atoms with van der Waals surface area (Å²) in [6, 6.07) is 17.4. The third-order valence-corrected chi connectivity index (χ3v) is 12.0. The molecule has 41 heavy (non-hydrogen) atoms. The third kappa shape index (κ3) is 5.70. The molecule has 1 aliphatic heterocycles. The maximum atomic E-state index is 13.3. The zero-order valence-corrected chi connectivity index (χ0v) is 26.9. The van der Waals surface area contributed by atoms with Crippen molar-refractivity contribution >= 4 is 46.1 Å². The third-order valence-electron chi connectivity index (χ3n) is 8.15. The molecular weight excluding hydrogens is 567 g/mol. The van der Waals surface area contributed by atoms with Crippen LogP contribution in [0, 0.1) is 5.41 Å². The molecule has 0 radical (unpaired) electrons. The Hall–Kier alpha value is -2.33. The van der Waals surface area contributed by atoms with Crippen molar-refractivity contribution in [1.82, 2.24) is 19.1 Å². The van der Waals surface area contributed by atoms with Crippen LogP contribution in [0.15, 0.2) is 81.8 Å². The smallest absolute Gasteiger partial charge is 0.211 e. The molecule has 4 aromatic rings. The maximum Gasteiger partial charge on any atom is 0.211 e. The van der Waals surface area contributed by atoms with Gasteiger partial charge in [0.25, 0.3) is 0 Å². The van der Waals surface area contributed by atoms with E-state index in [2.05, 4.69) is 76.4 Å². The molecule has 3 heterocycles. The summed E-state index contributed by atoms with van der Waals surface area (Å²) in [6.07, 6.45) is 8.94. The number of benzene rings is 2. The lowest BCUT2D eigenvalue weighted by Crippen LogP contribution is -2.48. The predicted molar refractivity (Wildman–Crippen MR) is 172 cm³/mol. The van der Waals surface area contributed by atoms with Gasteiger partial charge in [0, 0.05) is 46.7 Å². The Labute approximate surface area is 254 Å². The van der Waals surface area contributed by atoms with Gasteiger partial charge in [-0.3, -0.25) is 4.40 Å². The Kier molecular flexibility index (Phi) is 8.00. The molecule has 216 valence electrons. The summed E-state index contributed by atoms with van der Waals surface area (Å²) in [5.41, 5.74) is 3.68. The largest absolute Gasteiger partial charge is 0.342 e. The second-order valence-electron chi connectivity index (χ2n) is 12.4. The van der Waals surface area contributed by atoms with Gasteiger partial charge in [-0.05, 0) is 68.7 Å². The lowest BCUT2D eigenvalue weighted by atomic mass is 9.73. The zero-order valence-electron chi connectivity index (χ0n) is 24.5. The van der Waals surface area contributed by atoms with E-state index in [4.69, 9.17) is 9.97 Å². The number of hydrogen-bond donors (Lipinski definition) is 1. The molecule has 1 N–H and O–H groups in total. The number of nitrogens with zero attached hydrogens (tertiary/aromatic N) is 4. The normalized spacial score (nSPS) is 19.3. The molecule has 2 aromatic carbocycles. The van der Waals surface area contributed by atoms with Gasteiger partial charge in [-0.25, -0.2) is 18.9 Å². The Balaban J connectivity index is 1.24. The number of anilines is 1. The van der Waals surface area contributed by atoms with Crippen molar-refractivity contribution in [2.45, 2.75) is 84.6 Å². The Morgan fingerprint density at radius 2 is 1.71 bits per heavy atom. The van der Waals surface area contributed by atoms with Gasteiger partial charge < -0.3 is 4.90 Å². The van der Waals surface area contributed by atoms with Crippen LogP contribution in [0.1, 0.15) is 64.6 Å². The minimum absolute atomic E-state index is 0.0444. The van der Waals surface area contributed by atoms with E-state index >= 15 is 0 Å². The number of imidazole rings is 1. The van der Waals surface area contributed by atoms with E-state index in [1.807, 2.05) is 51.1 Å². The molecule has 0 bridgehead atoms. The van der Waals surface area contributed by atoms with Crippen LogP contribution < -0.4 is 9.62 Å². The summed E-state index contributed by atoms with van der Waals surface area (Å²) in [7, 11) is -1.14. The SMILES string of the molecule is CC(C)Sc1ccccc1Sc1cnc(N2CCC3(CC2)Cc2ccccc2[C@H]3N[S@](=O)C(C)(C)C)n2ccnc12. The van der Waals surface area contributed by atoms with Crippen LogP contribution >= 0.6 is 23.5 Å². The highest BCUT2D eigenvalue weighted by Crippen LogP contribution is 2.52. The molecular formula is C32H39N5OS3. The summed E-state index contributed by atoms with van der Waals surface area (Å²) in [5.74, 6) is 0.944. The zero-order chi connectivity index (χ0) is 28.8. The van der Waals surface area contributed by atoms with Crippen LogP contribution in [-0.4, -0.2) is 41.7 Å². The minimum Gasteiger partial charge on any atom is -0.342 e. The van der Waals surface area contributed by atoms with Crippen LogP contribution in [0.4, 0.5) is 5.95 Å². The van der Waals surface area contributed by atoms with Crippen LogP contribution in [-0.2, 0) is 17.4 Å². The van der Waals surface area contributed by atoms with Gasteiger partial charge in [0.15, 0.2) is 5.65 Å². The Morgan fingerprint density at radius 1 is 1.00 bits per heavy atom. The van der Waals surface area contributed by atoms with Gasteiger partial charge in [0.2, 0.25) is 5.95 Å². The summed E-state index contributed by atoms with van der Waals surface area (Å²) in [5, 5.41) is 0.516. The lowest BCUT2D eigenvalue weighted by Gasteiger charge is -2.44. The Morgan fingerprint density at radius 3 is 2.44 bits per heavy atom. The minimum atomic E-state index is -1.14. The number of fused-ring (bicyclic) bond motifs is 2. The first-order valence-electron chi connectivity index (χ1n) is 14.4. The summed E-state index contributed by atoms with van der Waals surface area (Å²) < 4.78 is 18.7. The number of thioether (sulfide) groups is 1. The average molecular weight is 606 g/mol. The van der Waals surface area contributed by atoms with Crippen molar-refractivity contribution in [2.75, 3.05) is 18.0 Å². The van der Waals surface area contributed by atoms with Crippen LogP contribution in [0.3, 0.4) is 0 Å². The lowest BCUT2D eigenvalue weighted by molar-refractivity contribution is 0.177. The molecule has 0 unspecified atom stereocenters. The fourth-order valence-corrected chi connectivity index (χ4v) is 9.03. The monoisotopic (exact) mass is 605 g/mol. The van der Waals surface area contributed by atoms with Crippen LogP contribution in [0.25, 0.3) is 5.65 Å². The van der Waals surface area contributed by atoms with E-state index in [9.17, 15) is 4.21 Å². The highest BCUT2D eigenvalue weighted by molar-refractivity contribution is 8.02. The van der Waals surface area contributed by atoms with Crippen LogP contribution in [0.5, 0.6) is 0 Å². The summed E-state index contributed by atoms with van der Waals surface area (Å²) in [6.45, 7) is 12.4. The summed E-state index contributed by atoms with van der Waals surface area (Å²) in [4.78, 5) is 15.7. The molecule has 2 aliphatic rings. The quantitative estimate of drug-likeness (QED) is 0.223. The molecule has 0 saturated carbocycles.